The number of nitrogens with zero attached hydrogens (tertiary/aromatic N) is 3. The third-order valence-electron chi connectivity index (χ3n) is 5.95. The van der Waals surface area contributed by atoms with Crippen molar-refractivity contribution >= 4 is 6.09 Å². The first-order chi connectivity index (χ1) is 12.1. The van der Waals surface area contributed by atoms with Gasteiger partial charge in [-0.3, -0.25) is 4.90 Å². The molecule has 1 atom stereocenters. The summed E-state index contributed by atoms with van der Waals surface area (Å²) >= 11 is 0. The highest BCUT2D eigenvalue weighted by Gasteiger charge is 2.40. The molecule has 0 aromatic rings. The average Bonchev–Trinajstić information content (AvgIpc) is 2.44. The Balaban J connectivity index is 1.46. The molecule has 3 rings (SSSR count). The number of piperazine rings is 1. The van der Waals surface area contributed by atoms with Crippen molar-refractivity contribution in [3.05, 3.63) is 0 Å². The molecule has 0 aromatic carbocycles. The highest BCUT2D eigenvalue weighted by Crippen LogP contribution is 2.33. The van der Waals surface area contributed by atoms with Gasteiger partial charge in [-0.05, 0) is 53.4 Å². The van der Waals surface area contributed by atoms with Crippen molar-refractivity contribution in [2.75, 3.05) is 52.5 Å². The minimum atomic E-state index is -0.435. The van der Waals surface area contributed by atoms with Gasteiger partial charge in [0.1, 0.15) is 5.60 Å². The summed E-state index contributed by atoms with van der Waals surface area (Å²) in [5.41, 5.74) is -0.578. The number of rotatable bonds is 3. The molecule has 0 radical (unpaired) electrons. The zero-order chi connectivity index (χ0) is 18.9. The molecule has 6 nitrogen and oxygen atoms in total. The van der Waals surface area contributed by atoms with E-state index in [4.69, 9.17) is 9.47 Å². The van der Waals surface area contributed by atoms with Gasteiger partial charge in [-0.15, -0.1) is 0 Å². The fourth-order valence-corrected chi connectivity index (χ4v) is 4.45. The molecule has 0 unspecified atom stereocenters. The third kappa shape index (κ3) is 4.90. The molecule has 0 bridgehead atoms. The van der Waals surface area contributed by atoms with Gasteiger partial charge in [-0.25, -0.2) is 4.79 Å². The first kappa shape index (κ1) is 19.9. The number of carbonyl (C=O) groups excluding carboxylic acids is 1. The van der Waals surface area contributed by atoms with Crippen molar-refractivity contribution in [1.29, 1.82) is 0 Å². The van der Waals surface area contributed by atoms with E-state index >= 15 is 0 Å². The van der Waals surface area contributed by atoms with Gasteiger partial charge in [0, 0.05) is 44.8 Å². The monoisotopic (exact) mass is 367 g/mol. The molecular formula is C20H37N3O3. The summed E-state index contributed by atoms with van der Waals surface area (Å²) < 4.78 is 10.9. The average molecular weight is 368 g/mol. The predicted molar refractivity (Wildman–Crippen MR) is 102 cm³/mol. The lowest BCUT2D eigenvalue weighted by Crippen LogP contribution is -2.58. The molecule has 26 heavy (non-hydrogen) atoms. The molecule has 0 aromatic heterocycles. The Bertz CT molecular complexity index is 491. The van der Waals surface area contributed by atoms with Crippen LogP contribution in [-0.4, -0.2) is 90.5 Å². The van der Waals surface area contributed by atoms with Gasteiger partial charge in [-0.2, -0.15) is 0 Å². The van der Waals surface area contributed by atoms with E-state index in [9.17, 15) is 4.79 Å². The van der Waals surface area contributed by atoms with Crippen molar-refractivity contribution in [2.45, 2.75) is 64.6 Å². The molecule has 0 saturated carbocycles. The minimum absolute atomic E-state index is 0.143. The SMILES string of the molecule is CC(C)(C)OC(=O)N1CC[C@@H](CN2CCN(C3COC3)CC2)CC1(C)C. The Hall–Kier alpha value is -0.850. The summed E-state index contributed by atoms with van der Waals surface area (Å²) in [7, 11) is 0. The highest BCUT2D eigenvalue weighted by atomic mass is 16.6. The zero-order valence-corrected chi connectivity index (χ0v) is 17.3. The van der Waals surface area contributed by atoms with Crippen LogP contribution in [0.2, 0.25) is 0 Å². The van der Waals surface area contributed by atoms with E-state index in [-0.39, 0.29) is 11.6 Å². The minimum Gasteiger partial charge on any atom is -0.444 e. The third-order valence-corrected chi connectivity index (χ3v) is 5.95. The van der Waals surface area contributed by atoms with Crippen molar-refractivity contribution in [2.24, 2.45) is 5.92 Å². The van der Waals surface area contributed by atoms with Gasteiger partial charge < -0.3 is 19.3 Å². The van der Waals surface area contributed by atoms with E-state index in [0.29, 0.717) is 12.0 Å². The number of piperidine rings is 1. The molecule has 1 amide bonds. The van der Waals surface area contributed by atoms with Crippen molar-refractivity contribution in [3.8, 4) is 0 Å². The number of carbonyl (C=O) groups is 1. The fourth-order valence-electron chi connectivity index (χ4n) is 4.45. The topological polar surface area (TPSA) is 45.2 Å². The van der Waals surface area contributed by atoms with Gasteiger partial charge in [0.05, 0.1) is 19.3 Å². The van der Waals surface area contributed by atoms with Crippen LogP contribution >= 0.6 is 0 Å². The van der Waals surface area contributed by atoms with E-state index in [1.54, 1.807) is 0 Å². The van der Waals surface area contributed by atoms with E-state index in [1.807, 2.05) is 25.7 Å². The highest BCUT2D eigenvalue weighted by molar-refractivity contribution is 5.69. The normalized spacial score (nSPS) is 28.7. The first-order valence-corrected chi connectivity index (χ1v) is 10.2. The number of hydrogen-bond acceptors (Lipinski definition) is 5. The Morgan fingerprint density at radius 2 is 1.77 bits per heavy atom. The van der Waals surface area contributed by atoms with Crippen LogP contribution in [0, 0.1) is 5.92 Å². The van der Waals surface area contributed by atoms with Crippen molar-refractivity contribution in [1.82, 2.24) is 14.7 Å². The number of hydrogen-bond donors (Lipinski definition) is 0. The van der Waals surface area contributed by atoms with Gasteiger partial charge >= 0.3 is 6.09 Å². The summed E-state index contributed by atoms with van der Waals surface area (Å²) in [6.45, 7) is 18.6. The van der Waals surface area contributed by atoms with Crippen LogP contribution in [-0.2, 0) is 9.47 Å². The van der Waals surface area contributed by atoms with Crippen LogP contribution in [0.5, 0.6) is 0 Å². The van der Waals surface area contributed by atoms with Crippen LogP contribution in [0.1, 0.15) is 47.5 Å². The molecule has 6 heteroatoms. The first-order valence-electron chi connectivity index (χ1n) is 10.2. The summed E-state index contributed by atoms with van der Waals surface area (Å²) in [6.07, 6.45) is 1.94. The van der Waals surface area contributed by atoms with Crippen LogP contribution in [0.25, 0.3) is 0 Å². The number of ether oxygens (including phenoxy) is 2. The van der Waals surface area contributed by atoms with Gasteiger partial charge in [0.15, 0.2) is 0 Å². The maximum Gasteiger partial charge on any atom is 0.410 e. The molecular weight excluding hydrogens is 330 g/mol. The van der Waals surface area contributed by atoms with Crippen molar-refractivity contribution < 1.29 is 14.3 Å². The van der Waals surface area contributed by atoms with Gasteiger partial charge in [0.2, 0.25) is 0 Å². The molecule has 3 fully saturated rings. The summed E-state index contributed by atoms with van der Waals surface area (Å²) in [5.74, 6) is 0.655. The smallest absolute Gasteiger partial charge is 0.410 e. The second-order valence-electron chi connectivity index (χ2n) is 9.83. The Morgan fingerprint density at radius 1 is 1.12 bits per heavy atom. The standard InChI is InChI=1S/C20H37N3O3/c1-19(2,3)26-18(24)23-7-6-16(12-20(23,4)5)13-21-8-10-22(11-9-21)17-14-25-15-17/h16-17H,6-15H2,1-5H3/t16-/m1/s1. The quantitative estimate of drug-likeness (QED) is 0.767. The van der Waals surface area contributed by atoms with Crippen LogP contribution in [0.15, 0.2) is 0 Å². The molecule has 0 N–H and O–H groups in total. The number of likely N-dealkylation sites (tertiary alicyclic amines) is 1. The molecule has 3 aliphatic heterocycles. The molecule has 0 aliphatic carbocycles. The molecule has 3 saturated heterocycles. The van der Waals surface area contributed by atoms with E-state index in [2.05, 4.69) is 23.6 Å². The number of amides is 1. The second kappa shape index (κ2) is 7.64. The molecule has 3 aliphatic rings. The lowest BCUT2D eigenvalue weighted by atomic mass is 9.82. The molecule has 150 valence electrons. The lowest BCUT2D eigenvalue weighted by molar-refractivity contribution is -0.0788. The van der Waals surface area contributed by atoms with Gasteiger partial charge in [0.25, 0.3) is 0 Å². The van der Waals surface area contributed by atoms with Crippen LogP contribution in [0.3, 0.4) is 0 Å². The zero-order valence-electron chi connectivity index (χ0n) is 17.3. The summed E-state index contributed by atoms with van der Waals surface area (Å²) in [6, 6.07) is 0.660. The van der Waals surface area contributed by atoms with Crippen molar-refractivity contribution in [3.63, 3.8) is 0 Å². The van der Waals surface area contributed by atoms with Gasteiger partial charge in [-0.1, -0.05) is 0 Å². The van der Waals surface area contributed by atoms with E-state index in [1.165, 1.54) is 0 Å². The Labute approximate surface area is 158 Å². The fraction of sp³-hybridized carbons (Fsp3) is 0.950. The second-order valence-corrected chi connectivity index (χ2v) is 9.83. The maximum atomic E-state index is 12.5. The lowest BCUT2D eigenvalue weighted by Gasteiger charge is -2.47. The summed E-state index contributed by atoms with van der Waals surface area (Å²) in [5, 5.41) is 0. The predicted octanol–water partition coefficient (Wildman–Crippen LogP) is 2.43. The van der Waals surface area contributed by atoms with Crippen LogP contribution < -0.4 is 0 Å². The largest absolute Gasteiger partial charge is 0.444 e. The molecule has 3 heterocycles. The Morgan fingerprint density at radius 3 is 2.27 bits per heavy atom. The Kier molecular flexibility index (Phi) is 5.85. The molecule has 0 spiro atoms. The van der Waals surface area contributed by atoms with Crippen LogP contribution in [0.4, 0.5) is 4.79 Å². The van der Waals surface area contributed by atoms with E-state index in [0.717, 1.165) is 65.3 Å². The maximum absolute atomic E-state index is 12.5. The van der Waals surface area contributed by atoms with E-state index < -0.39 is 5.60 Å². The summed E-state index contributed by atoms with van der Waals surface area (Å²) in [4.78, 5) is 19.7.